The largest absolute Gasteiger partial charge is 0.361 e. The predicted octanol–water partition coefficient (Wildman–Crippen LogP) is 3.71. The Labute approximate surface area is 133 Å². The molecule has 0 fully saturated rings. The van der Waals surface area contributed by atoms with Gasteiger partial charge >= 0.3 is 0 Å². The number of ether oxygens (including phenoxy) is 1. The lowest BCUT2D eigenvalue weighted by Crippen LogP contribution is -2.25. The average Bonchev–Trinajstić information content (AvgIpc) is 2.53. The number of hydrogen-bond acceptors (Lipinski definition) is 4. The summed E-state index contributed by atoms with van der Waals surface area (Å²) in [6.45, 7) is 3.30. The predicted molar refractivity (Wildman–Crippen MR) is 83.0 cm³/mol. The van der Waals surface area contributed by atoms with Crippen molar-refractivity contribution in [2.45, 2.75) is 26.1 Å². The number of hydrogen-bond donors (Lipinski definition) is 0. The third-order valence-electron chi connectivity index (χ3n) is 3.21. The van der Waals surface area contributed by atoms with Gasteiger partial charge in [-0.1, -0.05) is 17.3 Å². The number of benzene rings is 1. The van der Waals surface area contributed by atoms with Crippen LogP contribution in [0.25, 0.3) is 0 Å². The van der Waals surface area contributed by atoms with Crippen LogP contribution < -0.4 is 0 Å². The summed E-state index contributed by atoms with van der Waals surface area (Å²) in [7, 11) is 1.46. The molecule has 0 saturated heterocycles. The lowest BCUT2D eigenvalue weighted by atomic mass is 10.0. The molecule has 23 heavy (non-hydrogen) atoms. The van der Waals surface area contributed by atoms with Gasteiger partial charge in [-0.05, 0) is 23.8 Å². The molecule has 0 aliphatic rings. The Morgan fingerprint density at radius 1 is 1.17 bits per heavy atom. The van der Waals surface area contributed by atoms with Crippen LogP contribution in [0.3, 0.4) is 0 Å². The first-order valence-corrected chi connectivity index (χ1v) is 7.06. The molecule has 2 rings (SSSR count). The fourth-order valence-corrected chi connectivity index (χ4v) is 1.84. The molecule has 0 spiro atoms. The van der Waals surface area contributed by atoms with Gasteiger partial charge < -0.3 is 9.57 Å². The van der Waals surface area contributed by atoms with E-state index in [4.69, 9.17) is 9.57 Å². The van der Waals surface area contributed by atoms with E-state index in [0.29, 0.717) is 0 Å². The van der Waals surface area contributed by atoms with Gasteiger partial charge in [0.2, 0.25) is 5.79 Å². The van der Waals surface area contributed by atoms with Gasteiger partial charge in [-0.25, -0.2) is 8.78 Å². The van der Waals surface area contributed by atoms with E-state index < -0.39 is 17.4 Å². The van der Waals surface area contributed by atoms with Gasteiger partial charge in [0.25, 0.3) is 0 Å². The average molecular weight is 320 g/mol. The Kier molecular flexibility index (Phi) is 5.39. The Morgan fingerprint density at radius 3 is 2.43 bits per heavy atom. The summed E-state index contributed by atoms with van der Waals surface area (Å²) in [6.07, 6.45) is 3.40. The van der Waals surface area contributed by atoms with Crippen LogP contribution in [-0.2, 0) is 16.0 Å². The molecule has 6 heteroatoms. The van der Waals surface area contributed by atoms with Crippen molar-refractivity contribution in [2.24, 2.45) is 5.16 Å². The van der Waals surface area contributed by atoms with Crippen molar-refractivity contribution in [1.29, 1.82) is 0 Å². The standard InChI is InChI=1S/C17H18F2N2O2/c1-17(2,22-3)23-21-15(10-12-6-5-9-20-11-12)16-13(18)7-4-8-14(16)19/h4-9,11H,10H2,1-3H3. The molecule has 0 bridgehead atoms. The molecular weight excluding hydrogens is 302 g/mol. The normalized spacial score (nSPS) is 12.3. The van der Waals surface area contributed by atoms with Crippen LogP contribution in [0.2, 0.25) is 0 Å². The molecule has 0 atom stereocenters. The highest BCUT2D eigenvalue weighted by atomic mass is 19.1. The van der Waals surface area contributed by atoms with Crippen molar-refractivity contribution in [3.63, 3.8) is 0 Å². The maximum Gasteiger partial charge on any atom is 0.230 e. The van der Waals surface area contributed by atoms with Crippen molar-refractivity contribution in [1.82, 2.24) is 4.98 Å². The molecule has 2 aromatic rings. The highest BCUT2D eigenvalue weighted by Crippen LogP contribution is 2.18. The third-order valence-corrected chi connectivity index (χ3v) is 3.21. The second-order valence-electron chi connectivity index (χ2n) is 5.37. The van der Waals surface area contributed by atoms with Crippen molar-refractivity contribution in [3.8, 4) is 0 Å². The van der Waals surface area contributed by atoms with E-state index in [0.717, 1.165) is 5.56 Å². The number of rotatable bonds is 6. The van der Waals surface area contributed by atoms with Crippen molar-refractivity contribution < 1.29 is 18.4 Å². The first-order valence-electron chi connectivity index (χ1n) is 7.06. The van der Waals surface area contributed by atoms with Crippen molar-refractivity contribution in [3.05, 3.63) is 65.5 Å². The van der Waals surface area contributed by atoms with Gasteiger partial charge in [0, 0.05) is 39.8 Å². The topological polar surface area (TPSA) is 43.7 Å². The van der Waals surface area contributed by atoms with Gasteiger partial charge in [0.1, 0.15) is 11.6 Å². The molecule has 0 unspecified atom stereocenters. The van der Waals surface area contributed by atoms with Gasteiger partial charge in [0.15, 0.2) is 0 Å². The highest BCUT2D eigenvalue weighted by molar-refractivity contribution is 6.02. The van der Waals surface area contributed by atoms with Crippen LogP contribution in [0.5, 0.6) is 0 Å². The molecule has 4 nitrogen and oxygen atoms in total. The van der Waals surface area contributed by atoms with Crippen LogP contribution in [-0.4, -0.2) is 23.6 Å². The number of nitrogens with zero attached hydrogens (tertiary/aromatic N) is 2. The van der Waals surface area contributed by atoms with Crippen molar-refractivity contribution >= 4 is 5.71 Å². The minimum absolute atomic E-state index is 0.124. The molecule has 1 aromatic heterocycles. The summed E-state index contributed by atoms with van der Waals surface area (Å²) in [4.78, 5) is 9.28. The lowest BCUT2D eigenvalue weighted by Gasteiger charge is -2.21. The van der Waals surface area contributed by atoms with Crippen LogP contribution in [0.4, 0.5) is 8.78 Å². The third kappa shape index (κ3) is 4.56. The van der Waals surface area contributed by atoms with Gasteiger partial charge in [-0.15, -0.1) is 0 Å². The second kappa shape index (κ2) is 7.28. The number of aromatic nitrogens is 1. The van der Waals surface area contributed by atoms with Crippen LogP contribution in [0, 0.1) is 11.6 Å². The van der Waals surface area contributed by atoms with E-state index in [1.54, 1.807) is 38.4 Å². The summed E-state index contributed by atoms with van der Waals surface area (Å²) in [5.74, 6) is -2.42. The number of pyridine rings is 1. The minimum atomic E-state index is -1.01. The summed E-state index contributed by atoms with van der Waals surface area (Å²) in [6, 6.07) is 7.19. The molecule has 1 heterocycles. The van der Waals surface area contributed by atoms with E-state index in [1.165, 1.54) is 25.3 Å². The van der Waals surface area contributed by atoms with E-state index in [1.807, 2.05) is 0 Å². The maximum absolute atomic E-state index is 14.1. The summed E-state index contributed by atoms with van der Waals surface area (Å²) >= 11 is 0. The summed E-state index contributed by atoms with van der Waals surface area (Å²) in [5.41, 5.74) is 0.662. The van der Waals surface area contributed by atoms with Gasteiger partial charge in [-0.2, -0.15) is 0 Å². The zero-order chi connectivity index (χ0) is 16.9. The van der Waals surface area contributed by atoms with Gasteiger partial charge in [-0.3, -0.25) is 4.98 Å². The number of halogens is 2. The van der Waals surface area contributed by atoms with E-state index in [-0.39, 0.29) is 17.7 Å². The number of methoxy groups -OCH3 is 1. The summed E-state index contributed by atoms with van der Waals surface area (Å²) in [5, 5.41) is 3.94. The monoisotopic (exact) mass is 320 g/mol. The Hall–Kier alpha value is -2.34. The Bertz CT molecular complexity index is 668. The molecule has 0 aliphatic carbocycles. The summed E-state index contributed by atoms with van der Waals surface area (Å²) < 4.78 is 33.3. The van der Waals surface area contributed by atoms with E-state index in [9.17, 15) is 8.78 Å². The fraction of sp³-hybridized carbons (Fsp3) is 0.294. The van der Waals surface area contributed by atoms with E-state index in [2.05, 4.69) is 10.1 Å². The molecule has 122 valence electrons. The quantitative estimate of drug-likeness (QED) is 0.463. The zero-order valence-electron chi connectivity index (χ0n) is 13.2. The van der Waals surface area contributed by atoms with Crippen molar-refractivity contribution in [2.75, 3.05) is 7.11 Å². The SMILES string of the molecule is COC(C)(C)ON=C(Cc1cccnc1)c1c(F)cccc1F. The zero-order valence-corrected chi connectivity index (χ0v) is 13.2. The smallest absolute Gasteiger partial charge is 0.230 e. The first kappa shape index (κ1) is 17.0. The maximum atomic E-state index is 14.1. The minimum Gasteiger partial charge on any atom is -0.361 e. The molecule has 1 aromatic carbocycles. The molecule has 0 aliphatic heterocycles. The van der Waals surface area contributed by atoms with E-state index >= 15 is 0 Å². The first-order chi connectivity index (χ1) is 10.9. The number of oxime groups is 1. The molecule has 0 N–H and O–H groups in total. The van der Waals surface area contributed by atoms with Crippen LogP contribution in [0.1, 0.15) is 25.0 Å². The highest BCUT2D eigenvalue weighted by Gasteiger charge is 2.21. The Morgan fingerprint density at radius 2 is 1.87 bits per heavy atom. The molecular formula is C17H18F2N2O2. The lowest BCUT2D eigenvalue weighted by molar-refractivity contribution is -0.197. The molecule has 0 saturated carbocycles. The second-order valence-corrected chi connectivity index (χ2v) is 5.37. The molecule has 0 radical (unpaired) electrons. The molecule has 0 amide bonds. The van der Waals surface area contributed by atoms with Crippen LogP contribution in [0.15, 0.2) is 47.9 Å². The van der Waals surface area contributed by atoms with Gasteiger partial charge in [0.05, 0.1) is 11.3 Å². The fourth-order valence-electron chi connectivity index (χ4n) is 1.84. The van der Waals surface area contributed by atoms with Crippen LogP contribution >= 0.6 is 0 Å². The Balaban J connectivity index is 2.41.